The van der Waals surface area contributed by atoms with Gasteiger partial charge in [0.1, 0.15) is 0 Å². The van der Waals surface area contributed by atoms with E-state index < -0.39 is 0 Å². The van der Waals surface area contributed by atoms with E-state index in [9.17, 15) is 4.79 Å². The lowest BCUT2D eigenvalue weighted by Gasteiger charge is -2.04. The number of carbonyl (C=O) groups excluding carboxylic acids is 1. The molecule has 0 saturated carbocycles. The normalized spacial score (nSPS) is 10.5. The van der Waals surface area contributed by atoms with Crippen molar-refractivity contribution in [2.45, 2.75) is 6.42 Å². The molecule has 23 heavy (non-hydrogen) atoms. The molecular weight excluding hydrogens is 353 g/mol. The molecule has 1 aromatic carbocycles. The van der Waals surface area contributed by atoms with E-state index in [0.717, 1.165) is 16.8 Å². The van der Waals surface area contributed by atoms with Crippen LogP contribution in [-0.4, -0.2) is 15.9 Å². The summed E-state index contributed by atoms with van der Waals surface area (Å²) in [6.45, 7) is 0. The Morgan fingerprint density at radius 2 is 1.96 bits per heavy atom. The fourth-order valence-corrected chi connectivity index (χ4v) is 3.20. The predicted octanol–water partition coefficient (Wildman–Crippen LogP) is 4.69. The van der Waals surface area contributed by atoms with Crippen molar-refractivity contribution in [3.8, 4) is 11.3 Å². The lowest BCUT2D eigenvalue weighted by atomic mass is 10.1. The molecule has 1 N–H and O–H groups in total. The maximum absolute atomic E-state index is 12.1. The van der Waals surface area contributed by atoms with Gasteiger partial charge in [0.05, 0.1) is 12.1 Å². The summed E-state index contributed by atoms with van der Waals surface area (Å²) in [6.07, 6.45) is 3.57. The highest BCUT2D eigenvalue weighted by Gasteiger charge is 2.11. The highest BCUT2D eigenvalue weighted by atomic mass is 35.5. The Labute approximate surface area is 147 Å². The zero-order valence-corrected chi connectivity index (χ0v) is 14.1. The number of hydrogen-bond acceptors (Lipinski definition) is 4. The van der Waals surface area contributed by atoms with Gasteiger partial charge >= 0.3 is 0 Å². The lowest BCUT2D eigenvalue weighted by Crippen LogP contribution is -2.14. The Hall–Kier alpha value is -1.95. The van der Waals surface area contributed by atoms with Crippen molar-refractivity contribution in [3.63, 3.8) is 0 Å². The molecule has 3 aromatic rings. The van der Waals surface area contributed by atoms with Gasteiger partial charge in [-0.05, 0) is 29.8 Å². The van der Waals surface area contributed by atoms with Gasteiger partial charge < -0.3 is 5.32 Å². The van der Waals surface area contributed by atoms with Gasteiger partial charge in [-0.1, -0.05) is 29.3 Å². The summed E-state index contributed by atoms with van der Waals surface area (Å²) in [4.78, 5) is 20.5. The molecule has 0 radical (unpaired) electrons. The monoisotopic (exact) mass is 363 g/mol. The topological polar surface area (TPSA) is 54.9 Å². The Kier molecular flexibility index (Phi) is 4.91. The first-order valence-corrected chi connectivity index (χ1v) is 8.35. The quantitative estimate of drug-likeness (QED) is 0.731. The van der Waals surface area contributed by atoms with Crippen LogP contribution in [0.2, 0.25) is 10.0 Å². The number of pyridine rings is 1. The number of thiazole rings is 1. The Balaban J connectivity index is 1.68. The number of hydrogen-bond donors (Lipinski definition) is 1. The number of carbonyl (C=O) groups is 1. The number of halogens is 2. The van der Waals surface area contributed by atoms with Gasteiger partial charge in [0, 0.05) is 33.4 Å². The number of aromatic nitrogens is 2. The molecule has 3 rings (SSSR count). The molecule has 7 heteroatoms. The first kappa shape index (κ1) is 15.9. The van der Waals surface area contributed by atoms with Crippen molar-refractivity contribution in [2.24, 2.45) is 0 Å². The second kappa shape index (κ2) is 7.08. The molecule has 1 amide bonds. The number of nitrogens with one attached hydrogen (secondary N) is 1. The van der Waals surface area contributed by atoms with E-state index in [1.807, 2.05) is 17.5 Å². The van der Waals surface area contributed by atoms with E-state index in [4.69, 9.17) is 23.2 Å². The van der Waals surface area contributed by atoms with Gasteiger partial charge in [0.25, 0.3) is 0 Å². The van der Waals surface area contributed by atoms with Crippen molar-refractivity contribution in [3.05, 3.63) is 63.7 Å². The minimum Gasteiger partial charge on any atom is -0.302 e. The van der Waals surface area contributed by atoms with E-state index >= 15 is 0 Å². The molecule has 4 nitrogen and oxygen atoms in total. The molecule has 0 atom stereocenters. The minimum absolute atomic E-state index is 0.167. The average Bonchev–Trinajstić information content (AvgIpc) is 2.99. The molecule has 2 aromatic heterocycles. The van der Waals surface area contributed by atoms with Crippen LogP contribution < -0.4 is 5.32 Å². The van der Waals surface area contributed by atoms with E-state index in [0.29, 0.717) is 15.2 Å². The lowest BCUT2D eigenvalue weighted by molar-refractivity contribution is -0.115. The van der Waals surface area contributed by atoms with Crippen molar-refractivity contribution >= 4 is 45.6 Å². The summed E-state index contributed by atoms with van der Waals surface area (Å²) in [5, 5.41) is 6.24. The summed E-state index contributed by atoms with van der Waals surface area (Å²) >= 11 is 13.3. The van der Waals surface area contributed by atoms with Gasteiger partial charge in [-0.2, -0.15) is 0 Å². The van der Waals surface area contributed by atoms with Gasteiger partial charge in [0.15, 0.2) is 5.13 Å². The van der Waals surface area contributed by atoms with Gasteiger partial charge in [-0.25, -0.2) is 4.98 Å². The smallest absolute Gasteiger partial charge is 0.230 e. The second-order valence-corrected chi connectivity index (χ2v) is 6.44. The number of amides is 1. The van der Waals surface area contributed by atoms with Crippen LogP contribution in [0, 0.1) is 0 Å². The fraction of sp³-hybridized carbons (Fsp3) is 0.0625. The molecule has 2 heterocycles. The molecule has 116 valence electrons. The van der Waals surface area contributed by atoms with Crippen molar-refractivity contribution < 1.29 is 4.79 Å². The standard InChI is InChI=1S/C16H11Cl2N3OS/c17-12-2-1-11(13(18)8-12)7-15(22)21-16-20-14(9-23-16)10-3-5-19-6-4-10/h1-6,8-9H,7H2,(H,20,21,22). The Morgan fingerprint density at radius 3 is 2.70 bits per heavy atom. The largest absolute Gasteiger partial charge is 0.302 e. The molecule has 0 unspecified atom stereocenters. The Morgan fingerprint density at radius 1 is 1.17 bits per heavy atom. The van der Waals surface area contributed by atoms with Gasteiger partial charge in [-0.15, -0.1) is 11.3 Å². The van der Waals surface area contributed by atoms with Crippen LogP contribution in [0.15, 0.2) is 48.1 Å². The molecule has 0 spiro atoms. The van der Waals surface area contributed by atoms with Crippen LogP contribution in [0.25, 0.3) is 11.3 Å². The summed E-state index contributed by atoms with van der Waals surface area (Å²) in [7, 11) is 0. The molecule has 0 aliphatic carbocycles. The third kappa shape index (κ3) is 4.07. The third-order valence-corrected chi connectivity index (χ3v) is 4.44. The predicted molar refractivity (Wildman–Crippen MR) is 94.1 cm³/mol. The van der Waals surface area contributed by atoms with Crippen LogP contribution in [0.1, 0.15) is 5.56 Å². The highest BCUT2D eigenvalue weighted by Crippen LogP contribution is 2.25. The van der Waals surface area contributed by atoms with Crippen molar-refractivity contribution in [1.82, 2.24) is 9.97 Å². The molecule has 0 saturated heterocycles. The minimum atomic E-state index is -0.176. The average molecular weight is 364 g/mol. The number of rotatable bonds is 4. The molecular formula is C16H11Cl2N3OS. The molecule has 0 bridgehead atoms. The summed E-state index contributed by atoms with van der Waals surface area (Å²) in [6, 6.07) is 8.81. The number of nitrogens with zero attached hydrogens (tertiary/aromatic N) is 2. The number of benzene rings is 1. The zero-order chi connectivity index (χ0) is 16.2. The Bertz CT molecular complexity index is 836. The van der Waals surface area contributed by atoms with Crippen molar-refractivity contribution in [2.75, 3.05) is 5.32 Å². The SMILES string of the molecule is O=C(Cc1ccc(Cl)cc1Cl)Nc1nc(-c2ccncc2)cs1. The van der Waals surface area contributed by atoms with Gasteiger partial charge in [0.2, 0.25) is 5.91 Å². The molecule has 0 aliphatic heterocycles. The van der Waals surface area contributed by atoms with Crippen LogP contribution >= 0.6 is 34.5 Å². The van der Waals surface area contributed by atoms with E-state index in [1.165, 1.54) is 11.3 Å². The molecule has 0 aliphatic rings. The van der Waals surface area contributed by atoms with Crippen LogP contribution in [-0.2, 0) is 11.2 Å². The summed E-state index contributed by atoms with van der Waals surface area (Å²) in [5.74, 6) is -0.176. The summed E-state index contributed by atoms with van der Waals surface area (Å²) < 4.78 is 0. The van der Waals surface area contributed by atoms with E-state index in [1.54, 1.807) is 30.6 Å². The third-order valence-electron chi connectivity index (χ3n) is 3.09. The van der Waals surface area contributed by atoms with Crippen LogP contribution in [0.3, 0.4) is 0 Å². The van der Waals surface area contributed by atoms with Gasteiger partial charge in [-0.3, -0.25) is 9.78 Å². The first-order chi connectivity index (χ1) is 11.1. The maximum atomic E-state index is 12.1. The van der Waals surface area contributed by atoms with Crippen LogP contribution in [0.5, 0.6) is 0 Å². The summed E-state index contributed by atoms with van der Waals surface area (Å²) in [5.41, 5.74) is 2.48. The number of anilines is 1. The van der Waals surface area contributed by atoms with E-state index in [2.05, 4.69) is 15.3 Å². The van der Waals surface area contributed by atoms with Crippen LogP contribution in [0.4, 0.5) is 5.13 Å². The van der Waals surface area contributed by atoms with Crippen molar-refractivity contribution in [1.29, 1.82) is 0 Å². The fourth-order valence-electron chi connectivity index (χ4n) is 1.99. The van der Waals surface area contributed by atoms with E-state index in [-0.39, 0.29) is 12.3 Å². The first-order valence-electron chi connectivity index (χ1n) is 6.71. The zero-order valence-electron chi connectivity index (χ0n) is 11.8. The second-order valence-electron chi connectivity index (χ2n) is 4.73. The maximum Gasteiger partial charge on any atom is 0.230 e. The molecule has 0 fully saturated rings. The highest BCUT2D eigenvalue weighted by molar-refractivity contribution is 7.14.